The second-order valence-electron chi connectivity index (χ2n) is 8.08. The summed E-state index contributed by atoms with van der Waals surface area (Å²) in [5, 5.41) is 2.76. The van der Waals surface area contributed by atoms with Gasteiger partial charge in [0, 0.05) is 11.7 Å². The SMILES string of the molecule is COc1ccc(C2(C)NC(=O)N(CC(=O)N3c4ccccc4CC3C)C2=O)cc1C. The lowest BCUT2D eigenvalue weighted by Gasteiger charge is -2.26. The van der Waals surface area contributed by atoms with Crippen LogP contribution in [0.4, 0.5) is 10.5 Å². The Morgan fingerprint density at radius 3 is 2.67 bits per heavy atom. The zero-order chi connectivity index (χ0) is 21.6. The molecule has 2 aliphatic rings. The highest BCUT2D eigenvalue weighted by Gasteiger charge is 2.50. The highest BCUT2D eigenvalue weighted by molar-refractivity contribution is 6.11. The van der Waals surface area contributed by atoms with Crippen molar-refractivity contribution in [3.05, 3.63) is 59.2 Å². The Morgan fingerprint density at radius 1 is 1.23 bits per heavy atom. The van der Waals surface area contributed by atoms with Crippen molar-refractivity contribution < 1.29 is 19.1 Å². The van der Waals surface area contributed by atoms with Crippen LogP contribution in [0.15, 0.2) is 42.5 Å². The monoisotopic (exact) mass is 407 g/mol. The molecule has 0 radical (unpaired) electrons. The molecule has 2 aromatic carbocycles. The van der Waals surface area contributed by atoms with Crippen molar-refractivity contribution in [3.63, 3.8) is 0 Å². The van der Waals surface area contributed by atoms with E-state index < -0.39 is 17.5 Å². The van der Waals surface area contributed by atoms with Crippen molar-refractivity contribution in [3.8, 4) is 5.75 Å². The third-order valence-corrected chi connectivity index (χ3v) is 6.02. The summed E-state index contributed by atoms with van der Waals surface area (Å²) >= 11 is 0. The smallest absolute Gasteiger partial charge is 0.325 e. The number of hydrogen-bond acceptors (Lipinski definition) is 4. The zero-order valence-electron chi connectivity index (χ0n) is 17.6. The van der Waals surface area contributed by atoms with Crippen molar-refractivity contribution >= 4 is 23.5 Å². The third-order valence-electron chi connectivity index (χ3n) is 6.02. The minimum absolute atomic E-state index is 0.0220. The summed E-state index contributed by atoms with van der Waals surface area (Å²) in [7, 11) is 1.58. The summed E-state index contributed by atoms with van der Waals surface area (Å²) in [6.07, 6.45) is 0.755. The van der Waals surface area contributed by atoms with E-state index >= 15 is 0 Å². The molecule has 156 valence electrons. The number of carbonyl (C=O) groups excluding carboxylic acids is 3. The number of para-hydroxylation sites is 1. The quantitative estimate of drug-likeness (QED) is 0.791. The van der Waals surface area contributed by atoms with E-state index in [9.17, 15) is 14.4 Å². The van der Waals surface area contributed by atoms with E-state index in [1.165, 1.54) is 0 Å². The van der Waals surface area contributed by atoms with Crippen LogP contribution in [0.1, 0.15) is 30.5 Å². The number of rotatable bonds is 4. The van der Waals surface area contributed by atoms with Crippen molar-refractivity contribution in [1.82, 2.24) is 10.2 Å². The van der Waals surface area contributed by atoms with Crippen LogP contribution in [0, 0.1) is 6.92 Å². The number of nitrogens with one attached hydrogen (secondary N) is 1. The fraction of sp³-hybridized carbons (Fsp3) is 0.348. The van der Waals surface area contributed by atoms with Gasteiger partial charge in [0.2, 0.25) is 5.91 Å². The Labute approximate surface area is 175 Å². The highest BCUT2D eigenvalue weighted by atomic mass is 16.5. The first-order chi connectivity index (χ1) is 14.3. The molecular weight excluding hydrogens is 382 g/mol. The van der Waals surface area contributed by atoms with Crippen molar-refractivity contribution in [2.45, 2.75) is 38.8 Å². The molecule has 0 aromatic heterocycles. The zero-order valence-corrected chi connectivity index (χ0v) is 17.6. The molecule has 30 heavy (non-hydrogen) atoms. The lowest BCUT2D eigenvalue weighted by Crippen LogP contribution is -2.46. The van der Waals surface area contributed by atoms with Gasteiger partial charge in [-0.3, -0.25) is 14.5 Å². The van der Waals surface area contributed by atoms with Crippen molar-refractivity contribution in [2.75, 3.05) is 18.6 Å². The molecule has 7 heteroatoms. The Morgan fingerprint density at radius 2 is 1.97 bits per heavy atom. The van der Waals surface area contributed by atoms with Gasteiger partial charge in [-0.1, -0.05) is 24.3 Å². The van der Waals surface area contributed by atoms with Crippen LogP contribution in [0.25, 0.3) is 0 Å². The fourth-order valence-corrected chi connectivity index (χ4v) is 4.38. The van der Waals surface area contributed by atoms with Gasteiger partial charge < -0.3 is 15.0 Å². The Hall–Kier alpha value is -3.35. The van der Waals surface area contributed by atoms with Crippen LogP contribution >= 0.6 is 0 Å². The van der Waals surface area contributed by atoms with Gasteiger partial charge in [0.1, 0.15) is 17.8 Å². The molecule has 1 N–H and O–H groups in total. The molecule has 0 saturated carbocycles. The van der Waals surface area contributed by atoms with Crippen LogP contribution < -0.4 is 15.0 Å². The summed E-state index contributed by atoms with van der Waals surface area (Å²) < 4.78 is 5.28. The predicted molar refractivity (Wildman–Crippen MR) is 112 cm³/mol. The number of carbonyl (C=O) groups is 3. The summed E-state index contributed by atoms with van der Waals surface area (Å²) in [4.78, 5) is 41.7. The van der Waals surface area contributed by atoms with Gasteiger partial charge in [0.25, 0.3) is 5.91 Å². The molecular formula is C23H25N3O4. The normalized spacial score (nSPS) is 22.9. The largest absolute Gasteiger partial charge is 0.496 e. The van der Waals surface area contributed by atoms with Gasteiger partial charge in [0.05, 0.1) is 7.11 Å². The summed E-state index contributed by atoms with van der Waals surface area (Å²) in [5.41, 5.74) is 2.21. The number of hydrogen-bond donors (Lipinski definition) is 1. The van der Waals surface area contributed by atoms with Crippen LogP contribution in [0.3, 0.4) is 0 Å². The first kappa shape index (κ1) is 19.9. The molecule has 0 bridgehead atoms. The number of aryl methyl sites for hydroxylation is 1. The van der Waals surface area contributed by atoms with E-state index in [0.29, 0.717) is 11.3 Å². The minimum atomic E-state index is -1.23. The van der Waals surface area contributed by atoms with Crippen molar-refractivity contribution in [2.24, 2.45) is 0 Å². The maximum atomic E-state index is 13.2. The van der Waals surface area contributed by atoms with Crippen LogP contribution in [0.2, 0.25) is 0 Å². The number of ether oxygens (including phenoxy) is 1. The molecule has 2 atom stereocenters. The standard InChI is InChI=1S/C23H25N3O4/c1-14-11-17(9-10-19(14)30-4)23(3)21(28)25(22(29)24-23)13-20(27)26-15(2)12-16-7-5-6-8-18(16)26/h5-11,15H,12-13H2,1-4H3,(H,24,29). The van der Waals surface area contributed by atoms with E-state index in [1.807, 2.05) is 44.2 Å². The Bertz CT molecular complexity index is 1050. The van der Waals surface area contributed by atoms with E-state index in [0.717, 1.165) is 28.1 Å². The van der Waals surface area contributed by atoms with Gasteiger partial charge in [-0.05, 0) is 62.1 Å². The topological polar surface area (TPSA) is 79.0 Å². The molecule has 0 spiro atoms. The van der Waals surface area contributed by atoms with E-state index in [4.69, 9.17) is 4.74 Å². The Balaban J connectivity index is 1.58. The predicted octanol–water partition coefficient (Wildman–Crippen LogP) is 2.75. The molecule has 2 aliphatic heterocycles. The van der Waals surface area contributed by atoms with E-state index in [-0.39, 0.29) is 18.5 Å². The molecule has 4 rings (SSSR count). The second kappa shape index (κ2) is 7.16. The van der Waals surface area contributed by atoms with Gasteiger partial charge in [-0.15, -0.1) is 0 Å². The molecule has 0 aliphatic carbocycles. The molecule has 4 amide bonds. The lowest BCUT2D eigenvalue weighted by molar-refractivity contribution is -0.134. The van der Waals surface area contributed by atoms with E-state index in [2.05, 4.69) is 5.32 Å². The van der Waals surface area contributed by atoms with Gasteiger partial charge in [-0.2, -0.15) is 0 Å². The van der Waals surface area contributed by atoms with Gasteiger partial charge in [0.15, 0.2) is 0 Å². The fourth-order valence-electron chi connectivity index (χ4n) is 4.38. The molecule has 2 heterocycles. The van der Waals surface area contributed by atoms with Crippen LogP contribution in [-0.4, -0.2) is 42.4 Å². The number of amides is 4. The maximum absolute atomic E-state index is 13.2. The average Bonchev–Trinajstić information content (AvgIpc) is 3.16. The molecule has 2 aromatic rings. The maximum Gasteiger partial charge on any atom is 0.325 e. The van der Waals surface area contributed by atoms with E-state index in [1.54, 1.807) is 31.1 Å². The van der Waals surface area contributed by atoms with Crippen LogP contribution in [-0.2, 0) is 21.5 Å². The molecule has 1 fully saturated rings. The second-order valence-corrected chi connectivity index (χ2v) is 8.08. The summed E-state index contributed by atoms with van der Waals surface area (Å²) in [6.45, 7) is 5.20. The third kappa shape index (κ3) is 3.01. The molecule has 2 unspecified atom stereocenters. The lowest BCUT2D eigenvalue weighted by atomic mass is 9.90. The van der Waals surface area contributed by atoms with Gasteiger partial charge in [-0.25, -0.2) is 4.79 Å². The molecule has 1 saturated heterocycles. The summed E-state index contributed by atoms with van der Waals surface area (Å²) in [6, 6.07) is 12.5. The minimum Gasteiger partial charge on any atom is -0.496 e. The average molecular weight is 407 g/mol. The number of anilines is 1. The number of fused-ring (bicyclic) bond motifs is 1. The number of imide groups is 1. The number of methoxy groups -OCH3 is 1. The van der Waals surface area contributed by atoms with Crippen molar-refractivity contribution in [1.29, 1.82) is 0 Å². The summed E-state index contributed by atoms with van der Waals surface area (Å²) in [5.74, 6) is -0.00972. The highest BCUT2D eigenvalue weighted by Crippen LogP contribution is 2.34. The molecule has 7 nitrogen and oxygen atoms in total. The number of benzene rings is 2. The first-order valence-electron chi connectivity index (χ1n) is 9.95. The van der Waals surface area contributed by atoms with Crippen LogP contribution in [0.5, 0.6) is 5.75 Å². The van der Waals surface area contributed by atoms with Gasteiger partial charge >= 0.3 is 6.03 Å². The first-order valence-corrected chi connectivity index (χ1v) is 9.95. The number of urea groups is 1. The Kier molecular flexibility index (Phi) is 4.76. The number of nitrogens with zero attached hydrogens (tertiary/aromatic N) is 2.